The van der Waals surface area contributed by atoms with Gasteiger partial charge in [0.05, 0.1) is 5.92 Å². The van der Waals surface area contributed by atoms with E-state index in [4.69, 9.17) is 11.6 Å². The maximum atomic E-state index is 12.4. The molecule has 0 saturated heterocycles. The molecule has 0 aromatic heterocycles. The Morgan fingerprint density at radius 1 is 1.37 bits per heavy atom. The lowest BCUT2D eigenvalue weighted by molar-refractivity contribution is -0.123. The van der Waals surface area contributed by atoms with E-state index < -0.39 is 0 Å². The lowest BCUT2D eigenvalue weighted by Gasteiger charge is -2.22. The van der Waals surface area contributed by atoms with Gasteiger partial charge in [0.15, 0.2) is 0 Å². The van der Waals surface area contributed by atoms with Crippen molar-refractivity contribution in [2.45, 2.75) is 44.6 Å². The van der Waals surface area contributed by atoms with Crippen molar-refractivity contribution >= 4 is 17.5 Å². The van der Waals surface area contributed by atoms with Crippen LogP contribution < -0.4 is 5.32 Å². The summed E-state index contributed by atoms with van der Waals surface area (Å²) in [6, 6.07) is 10.3. The number of amides is 1. The van der Waals surface area contributed by atoms with E-state index in [0.717, 1.165) is 24.8 Å². The fourth-order valence-electron chi connectivity index (χ4n) is 2.95. The normalized spacial score (nSPS) is 24.1. The molecule has 1 aliphatic carbocycles. The van der Waals surface area contributed by atoms with Crippen molar-refractivity contribution < 1.29 is 4.79 Å². The summed E-state index contributed by atoms with van der Waals surface area (Å²) in [6.45, 7) is 2.06. The molecular formula is C16H22ClNO. The van der Waals surface area contributed by atoms with Gasteiger partial charge >= 0.3 is 0 Å². The first kappa shape index (κ1) is 14.4. The van der Waals surface area contributed by atoms with Crippen molar-refractivity contribution in [2.24, 2.45) is 5.92 Å². The van der Waals surface area contributed by atoms with Crippen LogP contribution in [0.4, 0.5) is 0 Å². The molecule has 1 N–H and O–H groups in total. The third-order valence-electron chi connectivity index (χ3n) is 4.11. The van der Waals surface area contributed by atoms with E-state index in [1.165, 1.54) is 6.42 Å². The fourth-order valence-corrected chi connectivity index (χ4v) is 3.32. The molecular weight excluding hydrogens is 258 g/mol. The molecule has 19 heavy (non-hydrogen) atoms. The number of rotatable bonds is 5. The summed E-state index contributed by atoms with van der Waals surface area (Å²) >= 11 is 5.97. The van der Waals surface area contributed by atoms with Gasteiger partial charge in [0.2, 0.25) is 5.91 Å². The SMILES string of the molecule is CCC(C(=O)NC1CCCC1CCl)c1ccccc1. The first-order valence-corrected chi connectivity index (χ1v) is 7.71. The molecule has 0 heterocycles. The highest BCUT2D eigenvalue weighted by Gasteiger charge is 2.29. The van der Waals surface area contributed by atoms with E-state index in [2.05, 4.69) is 12.2 Å². The standard InChI is InChI=1S/C16H22ClNO/c1-2-14(12-7-4-3-5-8-12)16(19)18-15-10-6-9-13(15)11-17/h3-5,7-8,13-15H,2,6,9-11H2,1H3,(H,18,19). The predicted octanol–water partition coefficient (Wildman–Crippen LogP) is 3.70. The molecule has 3 atom stereocenters. The molecule has 2 nitrogen and oxygen atoms in total. The van der Waals surface area contributed by atoms with Crippen molar-refractivity contribution in [1.82, 2.24) is 5.32 Å². The van der Waals surface area contributed by atoms with E-state index in [1.807, 2.05) is 30.3 Å². The van der Waals surface area contributed by atoms with Crippen LogP contribution in [0.3, 0.4) is 0 Å². The summed E-state index contributed by atoms with van der Waals surface area (Å²) in [5.74, 6) is 1.19. The Hall–Kier alpha value is -1.02. The molecule has 0 radical (unpaired) electrons. The molecule has 0 aliphatic heterocycles. The third-order valence-corrected chi connectivity index (χ3v) is 4.51. The second-order valence-electron chi connectivity index (χ2n) is 5.33. The molecule has 1 amide bonds. The smallest absolute Gasteiger partial charge is 0.227 e. The van der Waals surface area contributed by atoms with Gasteiger partial charge in [0.25, 0.3) is 0 Å². The molecule has 3 heteroatoms. The van der Waals surface area contributed by atoms with Gasteiger partial charge in [-0.25, -0.2) is 0 Å². The quantitative estimate of drug-likeness (QED) is 0.818. The van der Waals surface area contributed by atoms with Crippen LogP contribution in [0.25, 0.3) is 0 Å². The summed E-state index contributed by atoms with van der Waals surface area (Å²) in [5, 5.41) is 3.21. The Bertz CT molecular complexity index is 406. The molecule has 0 bridgehead atoms. The van der Waals surface area contributed by atoms with Gasteiger partial charge in [-0.1, -0.05) is 43.7 Å². The van der Waals surface area contributed by atoms with Crippen molar-refractivity contribution in [3.63, 3.8) is 0 Å². The van der Waals surface area contributed by atoms with Crippen LogP contribution >= 0.6 is 11.6 Å². The zero-order valence-electron chi connectivity index (χ0n) is 11.4. The van der Waals surface area contributed by atoms with Crippen LogP contribution in [-0.4, -0.2) is 17.8 Å². The molecule has 1 aliphatic rings. The molecule has 2 rings (SSSR count). The Morgan fingerprint density at radius 3 is 2.74 bits per heavy atom. The Labute approximate surface area is 120 Å². The van der Waals surface area contributed by atoms with Crippen LogP contribution in [0.1, 0.15) is 44.1 Å². The lowest BCUT2D eigenvalue weighted by atomic mass is 9.94. The molecule has 1 aromatic rings. The second kappa shape index (κ2) is 6.95. The van der Waals surface area contributed by atoms with E-state index in [-0.39, 0.29) is 17.9 Å². The number of carbonyl (C=O) groups is 1. The number of alkyl halides is 1. The Morgan fingerprint density at radius 2 is 2.11 bits per heavy atom. The lowest BCUT2D eigenvalue weighted by Crippen LogP contribution is -2.40. The average Bonchev–Trinajstić information content (AvgIpc) is 2.88. The van der Waals surface area contributed by atoms with E-state index in [1.54, 1.807) is 0 Å². The first-order valence-electron chi connectivity index (χ1n) is 7.17. The van der Waals surface area contributed by atoms with Crippen molar-refractivity contribution in [3.05, 3.63) is 35.9 Å². The van der Waals surface area contributed by atoms with Crippen LogP contribution in [0.2, 0.25) is 0 Å². The van der Waals surface area contributed by atoms with E-state index in [0.29, 0.717) is 11.8 Å². The number of benzene rings is 1. The monoisotopic (exact) mass is 279 g/mol. The topological polar surface area (TPSA) is 29.1 Å². The largest absolute Gasteiger partial charge is 0.353 e. The number of hydrogen-bond acceptors (Lipinski definition) is 1. The highest BCUT2D eigenvalue weighted by atomic mass is 35.5. The summed E-state index contributed by atoms with van der Waals surface area (Å²) in [7, 11) is 0. The van der Waals surface area contributed by atoms with E-state index >= 15 is 0 Å². The Kier molecular flexibility index (Phi) is 5.26. The van der Waals surface area contributed by atoms with Gasteiger partial charge in [0, 0.05) is 11.9 Å². The molecule has 1 fully saturated rings. The molecule has 1 saturated carbocycles. The molecule has 104 valence electrons. The highest BCUT2D eigenvalue weighted by molar-refractivity contribution is 6.18. The maximum Gasteiger partial charge on any atom is 0.227 e. The number of nitrogens with one attached hydrogen (secondary N) is 1. The number of carbonyl (C=O) groups excluding carboxylic acids is 1. The van der Waals surface area contributed by atoms with Gasteiger partial charge < -0.3 is 5.32 Å². The summed E-state index contributed by atoms with van der Waals surface area (Å²) in [4.78, 5) is 12.4. The molecule has 1 aromatic carbocycles. The van der Waals surface area contributed by atoms with Gasteiger partial charge in [-0.05, 0) is 30.7 Å². The van der Waals surface area contributed by atoms with Gasteiger partial charge in [-0.2, -0.15) is 0 Å². The van der Waals surface area contributed by atoms with Crippen LogP contribution in [0.15, 0.2) is 30.3 Å². The van der Waals surface area contributed by atoms with Gasteiger partial charge in [-0.15, -0.1) is 11.6 Å². The summed E-state index contributed by atoms with van der Waals surface area (Å²) in [6.07, 6.45) is 4.20. The molecule has 0 spiro atoms. The van der Waals surface area contributed by atoms with Crippen LogP contribution in [-0.2, 0) is 4.79 Å². The van der Waals surface area contributed by atoms with Crippen molar-refractivity contribution in [1.29, 1.82) is 0 Å². The van der Waals surface area contributed by atoms with Crippen LogP contribution in [0, 0.1) is 5.92 Å². The minimum Gasteiger partial charge on any atom is -0.353 e. The van der Waals surface area contributed by atoms with Crippen molar-refractivity contribution in [2.75, 3.05) is 5.88 Å². The Balaban J connectivity index is 2.01. The van der Waals surface area contributed by atoms with E-state index in [9.17, 15) is 4.79 Å². The van der Waals surface area contributed by atoms with Gasteiger partial charge in [-0.3, -0.25) is 4.79 Å². The third kappa shape index (κ3) is 3.50. The summed E-state index contributed by atoms with van der Waals surface area (Å²) in [5.41, 5.74) is 1.10. The molecule has 3 unspecified atom stereocenters. The number of hydrogen-bond donors (Lipinski definition) is 1. The fraction of sp³-hybridized carbons (Fsp3) is 0.562. The highest BCUT2D eigenvalue weighted by Crippen LogP contribution is 2.28. The number of halogens is 1. The zero-order chi connectivity index (χ0) is 13.7. The minimum atomic E-state index is -0.0437. The summed E-state index contributed by atoms with van der Waals surface area (Å²) < 4.78 is 0. The minimum absolute atomic E-state index is 0.0437. The van der Waals surface area contributed by atoms with Crippen molar-refractivity contribution in [3.8, 4) is 0 Å². The average molecular weight is 280 g/mol. The maximum absolute atomic E-state index is 12.4. The van der Waals surface area contributed by atoms with Crippen LogP contribution in [0.5, 0.6) is 0 Å². The van der Waals surface area contributed by atoms with Gasteiger partial charge in [0.1, 0.15) is 0 Å². The second-order valence-corrected chi connectivity index (χ2v) is 5.64. The zero-order valence-corrected chi connectivity index (χ0v) is 12.2. The first-order chi connectivity index (χ1) is 9.26. The predicted molar refractivity (Wildman–Crippen MR) is 79.5 cm³/mol.